The molecular weight excluding hydrogens is 250 g/mol. The van der Waals surface area contributed by atoms with Gasteiger partial charge in [-0.05, 0) is 18.1 Å². The van der Waals surface area contributed by atoms with Gasteiger partial charge >= 0.3 is 0 Å². The minimum absolute atomic E-state index is 0.0472. The van der Waals surface area contributed by atoms with Crippen LogP contribution in [0.4, 0.5) is 8.78 Å². The lowest BCUT2D eigenvalue weighted by atomic mass is 10.1. The van der Waals surface area contributed by atoms with Crippen LogP contribution in [0.5, 0.6) is 0 Å². The van der Waals surface area contributed by atoms with Gasteiger partial charge in [-0.25, -0.2) is 8.78 Å². The van der Waals surface area contributed by atoms with Gasteiger partial charge in [0.15, 0.2) is 0 Å². The zero-order chi connectivity index (χ0) is 14.0. The highest BCUT2D eigenvalue weighted by molar-refractivity contribution is 5.81. The van der Waals surface area contributed by atoms with E-state index in [-0.39, 0.29) is 12.5 Å². The standard InChI is InChI=1S/C14H18F2N2O/c1-3-9(2)8-18-13(19)7-17-14(18)11-5-4-10(15)6-12(11)16/h4-6,9,14,17H,3,7-8H2,1-2H3. The van der Waals surface area contributed by atoms with Crippen LogP contribution in [0.1, 0.15) is 32.0 Å². The molecule has 2 unspecified atom stereocenters. The van der Waals surface area contributed by atoms with E-state index in [1.807, 2.05) is 13.8 Å². The van der Waals surface area contributed by atoms with Gasteiger partial charge in [0.2, 0.25) is 5.91 Å². The number of nitrogens with zero attached hydrogens (tertiary/aromatic N) is 1. The molecule has 1 aromatic rings. The summed E-state index contributed by atoms with van der Waals surface area (Å²) < 4.78 is 26.7. The van der Waals surface area contributed by atoms with E-state index in [2.05, 4.69) is 5.32 Å². The Bertz CT molecular complexity index is 479. The van der Waals surface area contributed by atoms with Crippen molar-refractivity contribution in [3.63, 3.8) is 0 Å². The minimum atomic E-state index is -0.624. The Labute approximate surface area is 111 Å². The second-order valence-corrected chi connectivity index (χ2v) is 5.01. The van der Waals surface area contributed by atoms with Gasteiger partial charge in [-0.15, -0.1) is 0 Å². The molecule has 0 spiro atoms. The lowest BCUT2D eigenvalue weighted by molar-refractivity contribution is -0.128. The summed E-state index contributed by atoms with van der Waals surface area (Å²) in [4.78, 5) is 13.5. The van der Waals surface area contributed by atoms with Crippen molar-refractivity contribution in [3.05, 3.63) is 35.4 Å². The van der Waals surface area contributed by atoms with Crippen LogP contribution in [0.2, 0.25) is 0 Å². The molecule has 0 aliphatic carbocycles. The van der Waals surface area contributed by atoms with E-state index in [1.54, 1.807) is 4.90 Å². The van der Waals surface area contributed by atoms with Gasteiger partial charge in [0.25, 0.3) is 0 Å². The second-order valence-electron chi connectivity index (χ2n) is 5.01. The summed E-state index contributed by atoms with van der Waals surface area (Å²) >= 11 is 0. The molecule has 2 atom stereocenters. The number of amides is 1. The van der Waals surface area contributed by atoms with Gasteiger partial charge < -0.3 is 4.90 Å². The molecule has 1 aromatic carbocycles. The topological polar surface area (TPSA) is 32.3 Å². The SMILES string of the molecule is CCC(C)CN1C(=O)CNC1c1ccc(F)cc1F. The Hall–Kier alpha value is -1.49. The second kappa shape index (κ2) is 5.65. The Morgan fingerprint density at radius 2 is 2.21 bits per heavy atom. The molecule has 104 valence electrons. The summed E-state index contributed by atoms with van der Waals surface area (Å²) in [5.41, 5.74) is 0.315. The molecular formula is C14H18F2N2O. The molecule has 1 fully saturated rings. The van der Waals surface area contributed by atoms with Gasteiger partial charge in [-0.1, -0.05) is 20.3 Å². The molecule has 0 bridgehead atoms. The van der Waals surface area contributed by atoms with Crippen LogP contribution in [-0.2, 0) is 4.79 Å². The number of nitrogens with one attached hydrogen (secondary N) is 1. The highest BCUT2D eigenvalue weighted by Gasteiger charge is 2.33. The molecule has 1 aliphatic rings. The number of rotatable bonds is 4. The molecule has 1 heterocycles. The predicted octanol–water partition coefficient (Wildman–Crippen LogP) is 2.44. The third-order valence-corrected chi connectivity index (χ3v) is 3.54. The van der Waals surface area contributed by atoms with Crippen molar-refractivity contribution in [3.8, 4) is 0 Å². The van der Waals surface area contributed by atoms with Crippen LogP contribution in [0.15, 0.2) is 18.2 Å². The van der Waals surface area contributed by atoms with E-state index in [0.29, 0.717) is 18.0 Å². The van der Waals surface area contributed by atoms with Gasteiger partial charge in [-0.2, -0.15) is 0 Å². The van der Waals surface area contributed by atoms with Crippen molar-refractivity contribution in [2.75, 3.05) is 13.1 Å². The third-order valence-electron chi connectivity index (χ3n) is 3.54. The van der Waals surface area contributed by atoms with Crippen LogP contribution in [0.25, 0.3) is 0 Å². The normalized spacial score (nSPS) is 20.9. The lowest BCUT2D eigenvalue weighted by Gasteiger charge is -2.27. The summed E-state index contributed by atoms with van der Waals surface area (Å²) in [6.07, 6.45) is 0.449. The van der Waals surface area contributed by atoms with Gasteiger partial charge in [0.05, 0.1) is 6.54 Å². The number of hydrogen-bond donors (Lipinski definition) is 1. The van der Waals surface area contributed by atoms with Crippen molar-refractivity contribution >= 4 is 5.91 Å². The Morgan fingerprint density at radius 1 is 1.47 bits per heavy atom. The first kappa shape index (κ1) is 13.9. The van der Waals surface area contributed by atoms with Gasteiger partial charge in [-0.3, -0.25) is 10.1 Å². The van der Waals surface area contributed by atoms with Crippen molar-refractivity contribution < 1.29 is 13.6 Å². The molecule has 1 N–H and O–H groups in total. The monoisotopic (exact) mass is 268 g/mol. The number of halogens is 2. The van der Waals surface area contributed by atoms with Crippen LogP contribution < -0.4 is 5.32 Å². The Morgan fingerprint density at radius 3 is 2.84 bits per heavy atom. The van der Waals surface area contributed by atoms with Crippen LogP contribution in [0.3, 0.4) is 0 Å². The molecule has 5 heteroatoms. The number of hydrogen-bond acceptors (Lipinski definition) is 2. The summed E-state index contributed by atoms with van der Waals surface area (Å²) in [5, 5.41) is 2.98. The van der Waals surface area contributed by atoms with E-state index in [0.717, 1.165) is 12.5 Å². The Balaban J connectivity index is 2.24. The molecule has 0 radical (unpaired) electrons. The van der Waals surface area contributed by atoms with Crippen molar-refractivity contribution in [1.29, 1.82) is 0 Å². The highest BCUT2D eigenvalue weighted by Crippen LogP contribution is 2.26. The number of benzene rings is 1. The Kier molecular flexibility index (Phi) is 4.14. The maximum atomic E-state index is 13.8. The van der Waals surface area contributed by atoms with E-state index < -0.39 is 17.8 Å². The van der Waals surface area contributed by atoms with Crippen molar-refractivity contribution in [2.24, 2.45) is 5.92 Å². The quantitative estimate of drug-likeness (QED) is 0.909. The summed E-state index contributed by atoms with van der Waals surface area (Å²) in [6, 6.07) is 3.45. The van der Waals surface area contributed by atoms with Crippen molar-refractivity contribution in [2.45, 2.75) is 26.4 Å². The summed E-state index contributed by atoms with van der Waals surface area (Å²) in [6.45, 7) is 4.86. The van der Waals surface area contributed by atoms with E-state index >= 15 is 0 Å². The molecule has 19 heavy (non-hydrogen) atoms. The van der Waals surface area contributed by atoms with E-state index in [1.165, 1.54) is 12.1 Å². The first-order chi connectivity index (χ1) is 9.02. The summed E-state index contributed by atoms with van der Waals surface area (Å²) in [5.74, 6) is -0.940. The fourth-order valence-electron chi connectivity index (χ4n) is 2.21. The van der Waals surface area contributed by atoms with E-state index in [9.17, 15) is 13.6 Å². The first-order valence-corrected chi connectivity index (χ1v) is 6.50. The minimum Gasteiger partial charge on any atom is -0.321 e. The van der Waals surface area contributed by atoms with Gasteiger partial charge in [0.1, 0.15) is 17.8 Å². The molecule has 0 aromatic heterocycles. The maximum Gasteiger partial charge on any atom is 0.238 e. The summed E-state index contributed by atoms with van der Waals surface area (Å²) in [7, 11) is 0. The average Bonchev–Trinajstić information content (AvgIpc) is 2.71. The molecule has 2 rings (SSSR count). The molecule has 3 nitrogen and oxygen atoms in total. The smallest absolute Gasteiger partial charge is 0.238 e. The largest absolute Gasteiger partial charge is 0.321 e. The molecule has 1 amide bonds. The van der Waals surface area contributed by atoms with Crippen LogP contribution in [-0.4, -0.2) is 23.9 Å². The zero-order valence-electron chi connectivity index (χ0n) is 11.1. The average molecular weight is 268 g/mol. The van der Waals surface area contributed by atoms with Crippen LogP contribution in [0, 0.1) is 17.6 Å². The third kappa shape index (κ3) is 2.92. The highest BCUT2D eigenvalue weighted by atomic mass is 19.1. The number of carbonyl (C=O) groups is 1. The van der Waals surface area contributed by atoms with E-state index in [4.69, 9.17) is 0 Å². The first-order valence-electron chi connectivity index (χ1n) is 6.50. The zero-order valence-corrected chi connectivity index (χ0v) is 11.1. The van der Waals surface area contributed by atoms with Gasteiger partial charge in [0, 0.05) is 18.2 Å². The predicted molar refractivity (Wildman–Crippen MR) is 68.3 cm³/mol. The fraction of sp³-hybridized carbons (Fsp3) is 0.500. The number of carbonyl (C=O) groups excluding carboxylic acids is 1. The maximum absolute atomic E-state index is 13.8. The molecule has 1 saturated heterocycles. The fourth-order valence-corrected chi connectivity index (χ4v) is 2.21. The van der Waals surface area contributed by atoms with Crippen molar-refractivity contribution in [1.82, 2.24) is 10.2 Å². The van der Waals surface area contributed by atoms with Crippen LogP contribution >= 0.6 is 0 Å². The molecule has 1 aliphatic heterocycles. The lowest BCUT2D eigenvalue weighted by Crippen LogP contribution is -2.34. The molecule has 0 saturated carbocycles.